The van der Waals surface area contributed by atoms with Crippen LogP contribution in [-0.2, 0) is 4.79 Å². The first-order valence-electron chi connectivity index (χ1n) is 5.20. The SMILES string of the molecule is C[C@@H](Sc1nnc(-c2ccco2)o1)C(=O)NC(N)=O. The van der Waals surface area contributed by atoms with Gasteiger partial charge in [-0.05, 0) is 19.1 Å². The molecule has 0 spiro atoms. The van der Waals surface area contributed by atoms with Crippen molar-refractivity contribution in [3.05, 3.63) is 18.4 Å². The highest BCUT2D eigenvalue weighted by molar-refractivity contribution is 8.00. The Morgan fingerprint density at radius 3 is 2.89 bits per heavy atom. The van der Waals surface area contributed by atoms with Crippen molar-refractivity contribution in [2.24, 2.45) is 5.73 Å². The molecule has 0 bridgehead atoms. The number of nitrogens with zero attached hydrogens (tertiary/aromatic N) is 2. The van der Waals surface area contributed by atoms with Crippen LogP contribution in [0.3, 0.4) is 0 Å². The van der Waals surface area contributed by atoms with Crippen molar-refractivity contribution in [1.29, 1.82) is 0 Å². The molecular formula is C10H10N4O4S. The van der Waals surface area contributed by atoms with Crippen LogP contribution in [0, 0.1) is 0 Å². The zero-order valence-corrected chi connectivity index (χ0v) is 10.6. The van der Waals surface area contributed by atoms with Crippen LogP contribution in [0.5, 0.6) is 0 Å². The van der Waals surface area contributed by atoms with Gasteiger partial charge in [-0.1, -0.05) is 11.8 Å². The third kappa shape index (κ3) is 3.35. The number of urea groups is 1. The van der Waals surface area contributed by atoms with Crippen LogP contribution >= 0.6 is 11.8 Å². The van der Waals surface area contributed by atoms with Crippen molar-refractivity contribution >= 4 is 23.7 Å². The quantitative estimate of drug-likeness (QED) is 0.801. The Morgan fingerprint density at radius 2 is 2.26 bits per heavy atom. The third-order valence-electron chi connectivity index (χ3n) is 2.03. The molecule has 0 aromatic carbocycles. The number of furan rings is 1. The van der Waals surface area contributed by atoms with Gasteiger partial charge in [-0.25, -0.2) is 4.79 Å². The van der Waals surface area contributed by atoms with E-state index in [1.165, 1.54) is 6.26 Å². The van der Waals surface area contributed by atoms with Gasteiger partial charge in [-0.3, -0.25) is 10.1 Å². The number of thioether (sulfide) groups is 1. The summed E-state index contributed by atoms with van der Waals surface area (Å²) in [6, 6.07) is 2.46. The first kappa shape index (κ1) is 13.1. The Bertz CT molecular complexity index is 580. The highest BCUT2D eigenvalue weighted by atomic mass is 32.2. The number of imide groups is 1. The largest absolute Gasteiger partial charge is 0.459 e. The van der Waals surface area contributed by atoms with Gasteiger partial charge in [0.25, 0.3) is 11.1 Å². The van der Waals surface area contributed by atoms with Gasteiger partial charge >= 0.3 is 6.03 Å². The summed E-state index contributed by atoms with van der Waals surface area (Å²) in [5.74, 6) is 0.124. The summed E-state index contributed by atoms with van der Waals surface area (Å²) >= 11 is 1.01. The maximum Gasteiger partial charge on any atom is 0.318 e. The number of aromatic nitrogens is 2. The second kappa shape index (κ2) is 5.57. The van der Waals surface area contributed by atoms with Crippen LogP contribution in [0.15, 0.2) is 32.5 Å². The molecule has 0 radical (unpaired) electrons. The molecule has 0 unspecified atom stereocenters. The fourth-order valence-electron chi connectivity index (χ4n) is 1.19. The summed E-state index contributed by atoms with van der Waals surface area (Å²) in [4.78, 5) is 22.0. The Kier molecular flexibility index (Phi) is 3.85. The standard InChI is InChI=1S/C10H10N4O4S/c1-5(7(15)12-9(11)16)19-10-14-13-8(18-10)6-3-2-4-17-6/h2-5H,1H3,(H3,11,12,15,16)/t5-/m1/s1. The molecule has 3 amide bonds. The summed E-state index contributed by atoms with van der Waals surface area (Å²) < 4.78 is 10.4. The molecule has 0 aliphatic rings. The Labute approximate surface area is 111 Å². The number of nitrogens with two attached hydrogens (primary N) is 1. The molecule has 100 valence electrons. The Morgan fingerprint density at radius 1 is 1.47 bits per heavy atom. The summed E-state index contributed by atoms with van der Waals surface area (Å²) in [6.45, 7) is 1.58. The molecule has 0 fully saturated rings. The molecule has 8 nitrogen and oxygen atoms in total. The fraction of sp³-hybridized carbons (Fsp3) is 0.200. The predicted octanol–water partition coefficient (Wildman–Crippen LogP) is 1.01. The minimum absolute atomic E-state index is 0.193. The molecule has 3 N–H and O–H groups in total. The zero-order valence-electron chi connectivity index (χ0n) is 9.82. The van der Waals surface area contributed by atoms with Crippen LogP contribution in [0.1, 0.15) is 6.92 Å². The molecule has 2 aromatic heterocycles. The Hall–Kier alpha value is -2.29. The highest BCUT2D eigenvalue weighted by Crippen LogP contribution is 2.26. The van der Waals surface area contributed by atoms with Gasteiger partial charge in [-0.15, -0.1) is 10.2 Å². The minimum Gasteiger partial charge on any atom is -0.459 e. The lowest BCUT2D eigenvalue weighted by molar-refractivity contribution is -0.119. The van der Waals surface area contributed by atoms with Gasteiger partial charge in [0.2, 0.25) is 5.91 Å². The number of amides is 3. The van der Waals surface area contributed by atoms with E-state index >= 15 is 0 Å². The summed E-state index contributed by atoms with van der Waals surface area (Å²) in [7, 11) is 0. The summed E-state index contributed by atoms with van der Waals surface area (Å²) in [5, 5.41) is 9.10. The first-order chi connectivity index (χ1) is 9.06. The van der Waals surface area contributed by atoms with Crippen molar-refractivity contribution in [1.82, 2.24) is 15.5 Å². The fourth-order valence-corrected chi connectivity index (χ4v) is 1.87. The van der Waals surface area contributed by atoms with Crippen LogP contribution in [0.25, 0.3) is 11.7 Å². The lowest BCUT2D eigenvalue weighted by Crippen LogP contribution is -2.39. The summed E-state index contributed by atoms with van der Waals surface area (Å²) in [5.41, 5.74) is 4.85. The molecule has 0 saturated heterocycles. The van der Waals surface area contributed by atoms with E-state index in [4.69, 9.17) is 14.6 Å². The number of nitrogens with one attached hydrogen (secondary N) is 1. The van der Waals surface area contributed by atoms with Crippen molar-refractivity contribution in [2.45, 2.75) is 17.4 Å². The molecule has 0 aliphatic carbocycles. The number of carbonyl (C=O) groups is 2. The molecule has 19 heavy (non-hydrogen) atoms. The zero-order chi connectivity index (χ0) is 13.8. The van der Waals surface area contributed by atoms with E-state index in [1.54, 1.807) is 19.1 Å². The van der Waals surface area contributed by atoms with Gasteiger partial charge < -0.3 is 14.6 Å². The second-order valence-corrected chi connectivity index (χ2v) is 4.76. The van der Waals surface area contributed by atoms with E-state index < -0.39 is 17.2 Å². The van der Waals surface area contributed by atoms with Crippen LogP contribution < -0.4 is 11.1 Å². The van der Waals surface area contributed by atoms with Crippen LogP contribution in [0.4, 0.5) is 4.79 Å². The second-order valence-electron chi connectivity index (χ2n) is 3.46. The number of hydrogen-bond donors (Lipinski definition) is 2. The van der Waals surface area contributed by atoms with Crippen molar-refractivity contribution in [3.63, 3.8) is 0 Å². The first-order valence-corrected chi connectivity index (χ1v) is 6.08. The van der Waals surface area contributed by atoms with Gasteiger partial charge in [0.05, 0.1) is 11.5 Å². The van der Waals surface area contributed by atoms with E-state index in [9.17, 15) is 9.59 Å². The Balaban J connectivity index is 2.00. The number of hydrogen-bond acceptors (Lipinski definition) is 7. The molecule has 1 atom stereocenters. The van der Waals surface area contributed by atoms with E-state index in [-0.39, 0.29) is 11.1 Å². The lowest BCUT2D eigenvalue weighted by Gasteiger charge is -2.06. The van der Waals surface area contributed by atoms with E-state index in [0.717, 1.165) is 11.8 Å². The smallest absolute Gasteiger partial charge is 0.318 e. The minimum atomic E-state index is -0.903. The van der Waals surface area contributed by atoms with Crippen molar-refractivity contribution in [2.75, 3.05) is 0 Å². The van der Waals surface area contributed by atoms with E-state index in [0.29, 0.717) is 5.76 Å². The maximum atomic E-state index is 11.5. The maximum absolute atomic E-state index is 11.5. The average Bonchev–Trinajstić information content (AvgIpc) is 2.96. The summed E-state index contributed by atoms with van der Waals surface area (Å²) in [6.07, 6.45) is 1.48. The van der Waals surface area contributed by atoms with Crippen molar-refractivity contribution < 1.29 is 18.4 Å². The molecule has 2 rings (SSSR count). The number of carbonyl (C=O) groups excluding carboxylic acids is 2. The molecule has 2 heterocycles. The van der Waals surface area contributed by atoms with Crippen LogP contribution in [0.2, 0.25) is 0 Å². The number of primary amides is 1. The predicted molar refractivity (Wildman–Crippen MR) is 65.0 cm³/mol. The molecule has 0 saturated carbocycles. The topological polar surface area (TPSA) is 124 Å². The molecule has 2 aromatic rings. The number of rotatable bonds is 4. The third-order valence-corrected chi connectivity index (χ3v) is 2.97. The molecular weight excluding hydrogens is 272 g/mol. The van der Waals surface area contributed by atoms with E-state index in [1.807, 2.05) is 5.32 Å². The normalized spacial score (nSPS) is 12.1. The van der Waals surface area contributed by atoms with Gasteiger partial charge in [-0.2, -0.15) is 0 Å². The van der Waals surface area contributed by atoms with Gasteiger partial charge in [0.1, 0.15) is 0 Å². The highest BCUT2D eigenvalue weighted by Gasteiger charge is 2.20. The monoisotopic (exact) mass is 282 g/mol. The van der Waals surface area contributed by atoms with Crippen molar-refractivity contribution in [3.8, 4) is 11.7 Å². The van der Waals surface area contributed by atoms with Crippen LogP contribution in [-0.4, -0.2) is 27.4 Å². The lowest BCUT2D eigenvalue weighted by atomic mass is 10.4. The molecule has 9 heteroatoms. The van der Waals surface area contributed by atoms with E-state index in [2.05, 4.69) is 10.2 Å². The average molecular weight is 282 g/mol. The van der Waals surface area contributed by atoms with Gasteiger partial charge in [0, 0.05) is 0 Å². The van der Waals surface area contributed by atoms with Gasteiger partial charge in [0.15, 0.2) is 5.76 Å². The molecule has 0 aliphatic heterocycles.